The first-order chi connectivity index (χ1) is 7.45. The molecule has 0 heterocycles. The molecule has 81 valence electrons. The van der Waals surface area contributed by atoms with Gasteiger partial charge in [0.2, 0.25) is 0 Å². The largest absolute Gasteiger partial charge is 0.312 e. The van der Waals surface area contributed by atoms with E-state index in [9.17, 15) is 0 Å². The van der Waals surface area contributed by atoms with Gasteiger partial charge in [0.1, 0.15) is 0 Å². The fourth-order valence-corrected chi connectivity index (χ4v) is 2.21. The zero-order valence-corrected chi connectivity index (χ0v) is 9.34. The highest BCUT2D eigenvalue weighted by Crippen LogP contribution is 2.24. The quantitative estimate of drug-likeness (QED) is 0.789. The summed E-state index contributed by atoms with van der Waals surface area (Å²) in [6, 6.07) is 10.6. The van der Waals surface area contributed by atoms with Crippen LogP contribution in [0.25, 0.3) is 0 Å². The van der Waals surface area contributed by atoms with Crippen molar-refractivity contribution in [1.82, 2.24) is 5.32 Å². The van der Waals surface area contributed by atoms with Crippen molar-refractivity contribution in [3.63, 3.8) is 0 Å². The van der Waals surface area contributed by atoms with Crippen molar-refractivity contribution in [2.24, 2.45) is 0 Å². The van der Waals surface area contributed by atoms with E-state index in [-0.39, 0.29) is 0 Å². The molecule has 1 N–H and O–H groups in total. The Balaban J connectivity index is 1.66. The lowest BCUT2D eigenvalue weighted by molar-refractivity contribution is 0.499. The van der Waals surface area contributed by atoms with Gasteiger partial charge in [-0.15, -0.1) is 0 Å². The molecule has 0 aromatic heterocycles. The molecule has 1 aromatic carbocycles. The van der Waals surface area contributed by atoms with Crippen LogP contribution < -0.4 is 5.32 Å². The summed E-state index contributed by atoms with van der Waals surface area (Å²) in [4.78, 5) is 0. The third-order valence-electron chi connectivity index (χ3n) is 3.11. The van der Waals surface area contributed by atoms with Crippen molar-refractivity contribution in [3.8, 4) is 0 Å². The van der Waals surface area contributed by atoms with Crippen molar-refractivity contribution >= 4 is 0 Å². The SMILES string of the molecule is c1ccc(CNC[C]2CCCCC2)cc1. The molecule has 0 saturated heterocycles. The Morgan fingerprint density at radius 3 is 2.33 bits per heavy atom. The summed E-state index contributed by atoms with van der Waals surface area (Å²) >= 11 is 0. The molecule has 0 atom stereocenters. The van der Waals surface area contributed by atoms with Crippen LogP contribution in [0.5, 0.6) is 0 Å². The number of hydrogen-bond donors (Lipinski definition) is 1. The first-order valence-corrected chi connectivity index (χ1v) is 6.03. The van der Waals surface area contributed by atoms with E-state index in [0.29, 0.717) is 0 Å². The predicted octanol–water partition coefficient (Wildman–Crippen LogP) is 3.31. The number of benzene rings is 1. The van der Waals surface area contributed by atoms with Gasteiger partial charge in [-0.3, -0.25) is 0 Å². The van der Waals surface area contributed by atoms with Crippen LogP contribution in [0.4, 0.5) is 0 Å². The highest BCUT2D eigenvalue weighted by molar-refractivity contribution is 5.14. The summed E-state index contributed by atoms with van der Waals surface area (Å²) in [7, 11) is 0. The predicted molar refractivity (Wildman–Crippen MR) is 64.5 cm³/mol. The van der Waals surface area contributed by atoms with Gasteiger partial charge in [-0.1, -0.05) is 49.6 Å². The van der Waals surface area contributed by atoms with Gasteiger partial charge >= 0.3 is 0 Å². The number of nitrogens with one attached hydrogen (secondary N) is 1. The van der Waals surface area contributed by atoms with Crippen molar-refractivity contribution in [1.29, 1.82) is 0 Å². The van der Waals surface area contributed by atoms with Crippen molar-refractivity contribution in [2.45, 2.75) is 38.6 Å². The van der Waals surface area contributed by atoms with Gasteiger partial charge in [0.25, 0.3) is 0 Å². The second-order valence-electron chi connectivity index (χ2n) is 4.40. The summed E-state index contributed by atoms with van der Waals surface area (Å²) in [5.74, 6) is 1.72. The lowest BCUT2D eigenvalue weighted by Crippen LogP contribution is -2.22. The van der Waals surface area contributed by atoms with Crippen LogP contribution in [0.1, 0.15) is 37.7 Å². The summed E-state index contributed by atoms with van der Waals surface area (Å²) in [6.07, 6.45) is 6.94. The molecule has 1 aliphatic carbocycles. The summed E-state index contributed by atoms with van der Waals surface area (Å²) in [5.41, 5.74) is 1.38. The lowest BCUT2D eigenvalue weighted by atomic mass is 9.89. The number of rotatable bonds is 4. The smallest absolute Gasteiger partial charge is 0.0205 e. The highest BCUT2D eigenvalue weighted by atomic mass is 14.9. The molecule has 0 aliphatic heterocycles. The van der Waals surface area contributed by atoms with E-state index in [1.54, 1.807) is 5.92 Å². The Morgan fingerprint density at radius 2 is 1.60 bits per heavy atom. The van der Waals surface area contributed by atoms with Gasteiger partial charge in [0.05, 0.1) is 0 Å². The van der Waals surface area contributed by atoms with E-state index >= 15 is 0 Å². The fourth-order valence-electron chi connectivity index (χ4n) is 2.21. The van der Waals surface area contributed by atoms with Gasteiger partial charge in [-0.2, -0.15) is 0 Å². The second-order valence-corrected chi connectivity index (χ2v) is 4.40. The van der Waals surface area contributed by atoms with Crippen LogP contribution in [-0.2, 0) is 6.54 Å². The average molecular weight is 202 g/mol. The molecule has 1 radical (unpaired) electrons. The Morgan fingerprint density at radius 1 is 0.867 bits per heavy atom. The minimum absolute atomic E-state index is 1.00. The van der Waals surface area contributed by atoms with Crippen molar-refractivity contribution < 1.29 is 0 Å². The molecule has 1 fully saturated rings. The van der Waals surface area contributed by atoms with Crippen LogP contribution in [0.3, 0.4) is 0 Å². The van der Waals surface area contributed by atoms with Crippen LogP contribution in [0.2, 0.25) is 0 Å². The Labute approximate surface area is 92.9 Å². The van der Waals surface area contributed by atoms with Gasteiger partial charge in [0.15, 0.2) is 0 Å². The topological polar surface area (TPSA) is 12.0 Å². The maximum atomic E-state index is 3.53. The van der Waals surface area contributed by atoms with E-state index < -0.39 is 0 Å². The average Bonchev–Trinajstić information content (AvgIpc) is 2.32. The lowest BCUT2D eigenvalue weighted by Gasteiger charge is -2.21. The van der Waals surface area contributed by atoms with Crippen LogP contribution in [0.15, 0.2) is 30.3 Å². The van der Waals surface area contributed by atoms with Crippen LogP contribution in [0, 0.1) is 5.92 Å². The fraction of sp³-hybridized carbons (Fsp3) is 0.500. The standard InChI is InChI=1S/C14H20N/c1-3-7-13(8-4-1)11-15-12-14-9-5-2-6-10-14/h1,3-4,7-8,15H,2,5-6,9-12H2. The third-order valence-corrected chi connectivity index (χ3v) is 3.11. The molecule has 1 saturated carbocycles. The van der Waals surface area contributed by atoms with Crippen molar-refractivity contribution in [3.05, 3.63) is 41.8 Å². The van der Waals surface area contributed by atoms with Crippen LogP contribution >= 0.6 is 0 Å². The highest BCUT2D eigenvalue weighted by Gasteiger charge is 2.12. The van der Waals surface area contributed by atoms with Gasteiger partial charge in [-0.25, -0.2) is 0 Å². The van der Waals surface area contributed by atoms with Crippen LogP contribution in [-0.4, -0.2) is 6.54 Å². The molecule has 0 spiro atoms. The van der Waals surface area contributed by atoms with Gasteiger partial charge in [-0.05, 0) is 24.3 Å². The first-order valence-electron chi connectivity index (χ1n) is 6.03. The third kappa shape index (κ3) is 3.67. The molecule has 0 unspecified atom stereocenters. The normalized spacial score (nSPS) is 17.9. The molecular formula is C14H20N. The van der Waals surface area contributed by atoms with E-state index in [1.165, 1.54) is 37.7 Å². The molecule has 1 nitrogen and oxygen atoms in total. The molecule has 1 heteroatoms. The molecule has 0 bridgehead atoms. The maximum absolute atomic E-state index is 3.53. The van der Waals surface area contributed by atoms with E-state index in [0.717, 1.165) is 13.1 Å². The Hall–Kier alpha value is -0.820. The van der Waals surface area contributed by atoms with Gasteiger partial charge in [0, 0.05) is 13.1 Å². The molecule has 1 aliphatic rings. The Bertz CT molecular complexity index is 262. The monoisotopic (exact) mass is 202 g/mol. The van der Waals surface area contributed by atoms with E-state index in [1.807, 2.05) is 0 Å². The molecular weight excluding hydrogens is 182 g/mol. The molecule has 15 heavy (non-hydrogen) atoms. The summed E-state index contributed by atoms with van der Waals surface area (Å²) < 4.78 is 0. The second kappa shape index (κ2) is 5.92. The minimum atomic E-state index is 1.00. The maximum Gasteiger partial charge on any atom is 0.0205 e. The van der Waals surface area contributed by atoms with E-state index in [2.05, 4.69) is 35.6 Å². The van der Waals surface area contributed by atoms with Gasteiger partial charge < -0.3 is 5.32 Å². The minimum Gasteiger partial charge on any atom is -0.312 e. The number of hydrogen-bond acceptors (Lipinski definition) is 1. The molecule has 2 rings (SSSR count). The molecule has 1 aromatic rings. The molecule has 0 amide bonds. The van der Waals surface area contributed by atoms with E-state index in [4.69, 9.17) is 0 Å². The zero-order valence-electron chi connectivity index (χ0n) is 9.34. The summed E-state index contributed by atoms with van der Waals surface area (Å²) in [6.45, 7) is 2.12. The summed E-state index contributed by atoms with van der Waals surface area (Å²) in [5, 5.41) is 3.53. The Kier molecular flexibility index (Phi) is 4.22. The zero-order chi connectivity index (χ0) is 10.3. The first kappa shape index (κ1) is 10.7. The van der Waals surface area contributed by atoms with Crippen molar-refractivity contribution in [2.75, 3.05) is 6.54 Å².